The molecule has 1 saturated heterocycles. The van der Waals surface area contributed by atoms with Crippen molar-refractivity contribution in [2.24, 2.45) is 0 Å². The predicted octanol–water partition coefficient (Wildman–Crippen LogP) is 4.79. The fourth-order valence-corrected chi connectivity index (χ4v) is 4.58. The molecule has 0 aliphatic carbocycles. The van der Waals surface area contributed by atoms with E-state index in [1.54, 1.807) is 0 Å². The Kier molecular flexibility index (Phi) is 5.80. The van der Waals surface area contributed by atoms with Gasteiger partial charge in [0.1, 0.15) is 11.5 Å². The number of halogens is 6. The first-order valence-electron chi connectivity index (χ1n) is 9.48. The number of aliphatic hydroxyl groups excluding tert-OH is 1. The summed E-state index contributed by atoms with van der Waals surface area (Å²) in [6.45, 7) is 0.155. The lowest BCUT2D eigenvalue weighted by Crippen LogP contribution is -2.39. The van der Waals surface area contributed by atoms with Gasteiger partial charge in [0.15, 0.2) is 0 Å². The largest absolute Gasteiger partial charge is 0.433 e. The molecule has 0 amide bonds. The Morgan fingerprint density at radius 1 is 1.23 bits per heavy atom. The molecule has 1 aliphatic rings. The van der Waals surface area contributed by atoms with Crippen LogP contribution in [0.5, 0.6) is 0 Å². The van der Waals surface area contributed by atoms with Gasteiger partial charge in [0.2, 0.25) is 0 Å². The van der Waals surface area contributed by atoms with Crippen LogP contribution >= 0.6 is 23.2 Å². The average Bonchev–Trinajstić information content (AvgIpc) is 3.29. The molecule has 0 unspecified atom stereocenters. The highest BCUT2D eigenvalue weighted by Crippen LogP contribution is 2.42. The smallest absolute Gasteiger partial charge is 0.394 e. The minimum atomic E-state index is -4.63. The van der Waals surface area contributed by atoms with E-state index in [2.05, 4.69) is 15.7 Å². The summed E-state index contributed by atoms with van der Waals surface area (Å²) in [6.07, 6.45) is -4.15. The molecule has 1 fully saturated rings. The number of aromatic nitrogens is 2. The van der Waals surface area contributed by atoms with Crippen molar-refractivity contribution in [2.75, 3.05) is 25.0 Å². The first-order chi connectivity index (χ1) is 14.7. The Morgan fingerprint density at radius 2 is 2.00 bits per heavy atom. The molecule has 4 rings (SSSR count). The number of nitrogens with zero attached hydrogens (tertiary/aromatic N) is 2. The molecule has 5 nitrogen and oxygen atoms in total. The van der Waals surface area contributed by atoms with Crippen LogP contribution in [-0.2, 0) is 18.3 Å². The number of fused-ring (bicyclic) bond motifs is 1. The fourth-order valence-electron chi connectivity index (χ4n) is 4.08. The Balaban J connectivity index is 1.79. The Morgan fingerprint density at radius 3 is 2.65 bits per heavy atom. The van der Waals surface area contributed by atoms with Crippen LogP contribution < -0.4 is 10.6 Å². The van der Waals surface area contributed by atoms with E-state index in [0.29, 0.717) is 25.2 Å². The summed E-state index contributed by atoms with van der Waals surface area (Å²) in [5.41, 5.74) is -1.11. The number of hydrogen-bond acceptors (Lipinski definition) is 4. The van der Waals surface area contributed by atoms with Crippen molar-refractivity contribution in [3.05, 3.63) is 57.5 Å². The van der Waals surface area contributed by atoms with Gasteiger partial charge in [0.25, 0.3) is 0 Å². The van der Waals surface area contributed by atoms with Crippen molar-refractivity contribution >= 4 is 39.8 Å². The molecule has 0 bridgehead atoms. The van der Waals surface area contributed by atoms with E-state index in [1.165, 1.54) is 30.3 Å². The van der Waals surface area contributed by atoms with Gasteiger partial charge in [-0.05, 0) is 43.3 Å². The Hall–Kier alpha value is -2.07. The van der Waals surface area contributed by atoms with Gasteiger partial charge in [-0.1, -0.05) is 23.2 Å². The maximum absolute atomic E-state index is 14.8. The minimum absolute atomic E-state index is 0.0861. The molecular weight excluding hydrogens is 459 g/mol. The second-order valence-corrected chi connectivity index (χ2v) is 8.16. The van der Waals surface area contributed by atoms with Crippen LogP contribution in [-0.4, -0.2) is 34.6 Å². The molecule has 11 heteroatoms. The van der Waals surface area contributed by atoms with Gasteiger partial charge in [-0.3, -0.25) is 4.68 Å². The monoisotopic (exact) mass is 476 g/mol. The highest BCUT2D eigenvalue weighted by atomic mass is 35.5. The van der Waals surface area contributed by atoms with Crippen LogP contribution in [0.25, 0.3) is 10.9 Å². The van der Waals surface area contributed by atoms with Crippen LogP contribution in [0.4, 0.5) is 23.2 Å². The molecular formula is C20H18Cl2F4N4O. The van der Waals surface area contributed by atoms with Crippen molar-refractivity contribution in [3.63, 3.8) is 0 Å². The number of hydrogen-bond donors (Lipinski definition) is 3. The van der Waals surface area contributed by atoms with Crippen molar-refractivity contribution in [1.29, 1.82) is 0 Å². The third-order valence-electron chi connectivity index (χ3n) is 5.38. The van der Waals surface area contributed by atoms with E-state index in [0.717, 1.165) is 4.68 Å². The van der Waals surface area contributed by atoms with Gasteiger partial charge in [-0.25, -0.2) is 4.39 Å². The first kappa shape index (κ1) is 22.1. The van der Waals surface area contributed by atoms with E-state index in [4.69, 9.17) is 28.3 Å². The number of alkyl halides is 3. The number of anilines is 1. The fraction of sp³-hybridized carbons (Fsp3) is 0.350. The Labute approximate surface area is 184 Å². The van der Waals surface area contributed by atoms with Crippen LogP contribution in [0.3, 0.4) is 0 Å². The lowest BCUT2D eigenvalue weighted by atomic mass is 9.88. The van der Waals surface area contributed by atoms with Crippen LogP contribution in [0, 0.1) is 5.82 Å². The Bertz CT molecular complexity index is 1130. The topological polar surface area (TPSA) is 62.1 Å². The summed E-state index contributed by atoms with van der Waals surface area (Å²) >= 11 is 12.4. The zero-order valence-electron chi connectivity index (χ0n) is 16.0. The summed E-state index contributed by atoms with van der Waals surface area (Å²) in [4.78, 5) is 0. The summed E-state index contributed by atoms with van der Waals surface area (Å²) in [5.74, 6) is -0.529. The lowest BCUT2D eigenvalue weighted by Gasteiger charge is -2.33. The molecule has 1 atom stereocenters. The van der Waals surface area contributed by atoms with Gasteiger partial charge < -0.3 is 15.7 Å². The van der Waals surface area contributed by atoms with E-state index in [1.807, 2.05) is 0 Å². The summed E-state index contributed by atoms with van der Waals surface area (Å²) in [6, 6.07) is 6.87. The third-order valence-corrected chi connectivity index (χ3v) is 6.19. The van der Waals surface area contributed by atoms with Crippen LogP contribution in [0.1, 0.15) is 17.7 Å². The van der Waals surface area contributed by atoms with E-state index >= 15 is 0 Å². The van der Waals surface area contributed by atoms with Gasteiger partial charge in [0, 0.05) is 23.2 Å². The maximum Gasteiger partial charge on any atom is 0.433 e. The molecule has 3 aromatic rings. The summed E-state index contributed by atoms with van der Waals surface area (Å²) in [7, 11) is 0. The molecule has 3 N–H and O–H groups in total. The van der Waals surface area contributed by atoms with Crippen molar-refractivity contribution < 1.29 is 22.7 Å². The molecule has 2 aromatic carbocycles. The standard InChI is InChI=1S/C20H18Cl2F4N4O/c21-13-3-4-14(23)16(17(13)22)19(5-6-27-10-19)28-11-1-2-12-15(9-11)29-30(7-8-31)18(12)20(24,25)26/h1-4,9,27-28,31H,5-8,10H2/t19-/m1/s1. The number of nitrogens with one attached hydrogen (secondary N) is 2. The van der Waals surface area contributed by atoms with Crippen LogP contribution in [0.2, 0.25) is 10.0 Å². The second-order valence-electron chi connectivity index (χ2n) is 7.38. The number of benzene rings is 2. The molecule has 0 saturated carbocycles. The molecule has 1 aliphatic heterocycles. The quantitative estimate of drug-likeness (QED) is 0.365. The normalized spacial score (nSPS) is 19.3. The first-order valence-corrected chi connectivity index (χ1v) is 10.2. The zero-order valence-corrected chi connectivity index (χ0v) is 17.5. The molecule has 166 valence electrons. The van der Waals surface area contributed by atoms with Crippen molar-refractivity contribution in [3.8, 4) is 0 Å². The molecule has 2 heterocycles. The lowest BCUT2D eigenvalue weighted by molar-refractivity contribution is -0.143. The second kappa shape index (κ2) is 8.12. The molecule has 0 radical (unpaired) electrons. The third kappa shape index (κ3) is 3.95. The average molecular weight is 477 g/mol. The number of aliphatic hydroxyl groups is 1. The van der Waals surface area contributed by atoms with Gasteiger partial charge in [0.05, 0.1) is 34.3 Å². The van der Waals surface area contributed by atoms with Crippen molar-refractivity contribution in [2.45, 2.75) is 24.7 Å². The highest BCUT2D eigenvalue weighted by molar-refractivity contribution is 6.42. The van der Waals surface area contributed by atoms with E-state index in [-0.39, 0.29) is 33.1 Å². The zero-order chi connectivity index (χ0) is 22.4. The van der Waals surface area contributed by atoms with Crippen molar-refractivity contribution in [1.82, 2.24) is 15.1 Å². The molecule has 31 heavy (non-hydrogen) atoms. The summed E-state index contributed by atoms with van der Waals surface area (Å²) < 4.78 is 56.1. The van der Waals surface area contributed by atoms with Gasteiger partial charge in [-0.2, -0.15) is 18.3 Å². The van der Waals surface area contributed by atoms with Gasteiger partial charge >= 0.3 is 6.18 Å². The maximum atomic E-state index is 14.8. The predicted molar refractivity (Wildman–Crippen MR) is 111 cm³/mol. The van der Waals surface area contributed by atoms with E-state index in [9.17, 15) is 17.6 Å². The highest BCUT2D eigenvalue weighted by Gasteiger charge is 2.41. The number of rotatable bonds is 5. The molecule has 0 spiro atoms. The van der Waals surface area contributed by atoms with E-state index < -0.39 is 29.8 Å². The molecule has 1 aromatic heterocycles. The summed E-state index contributed by atoms with van der Waals surface area (Å²) in [5, 5.41) is 19.7. The van der Waals surface area contributed by atoms with Gasteiger partial charge in [-0.15, -0.1) is 0 Å². The van der Waals surface area contributed by atoms with Crippen LogP contribution in [0.15, 0.2) is 30.3 Å². The minimum Gasteiger partial charge on any atom is -0.394 e. The SMILES string of the molecule is OCCn1nc2cc(N[C@]3(c4c(F)ccc(Cl)c4Cl)CCNC3)ccc2c1C(F)(F)F.